The highest BCUT2D eigenvalue weighted by molar-refractivity contribution is 7.99. The maximum Gasteiger partial charge on any atom is 0.250 e. The zero-order valence-corrected chi connectivity index (χ0v) is 19.8. The number of rotatable bonds is 7. The Balaban J connectivity index is 1.50. The molecule has 2 aromatic carbocycles. The van der Waals surface area contributed by atoms with Crippen LogP contribution in [-0.2, 0) is 4.79 Å². The van der Waals surface area contributed by atoms with E-state index in [0.29, 0.717) is 26.6 Å². The topological polar surface area (TPSA) is 85.1 Å². The zero-order valence-electron chi connectivity index (χ0n) is 17.4. The van der Waals surface area contributed by atoms with E-state index in [9.17, 15) is 4.79 Å². The molecule has 0 spiro atoms. The minimum Gasteiger partial charge on any atom is -0.272 e. The van der Waals surface area contributed by atoms with Crippen molar-refractivity contribution in [2.24, 2.45) is 5.10 Å². The molecule has 10 heteroatoms. The Kier molecular flexibility index (Phi) is 7.39. The summed E-state index contributed by atoms with van der Waals surface area (Å²) in [5.41, 5.74) is 6.02. The molecule has 33 heavy (non-hydrogen) atoms. The molecule has 2 aromatic heterocycles. The number of nitrogens with one attached hydrogen (secondary N) is 1. The third-order valence-electron chi connectivity index (χ3n) is 4.57. The summed E-state index contributed by atoms with van der Waals surface area (Å²) in [6.07, 6.45) is 4.86. The monoisotopic (exact) mass is 496 g/mol. The fraction of sp³-hybridized carbons (Fsp3) is 0.0870. The summed E-state index contributed by atoms with van der Waals surface area (Å²) in [5.74, 6) is 0.470. The van der Waals surface area contributed by atoms with Crippen LogP contribution in [0.5, 0.6) is 0 Å². The van der Waals surface area contributed by atoms with Crippen molar-refractivity contribution in [2.45, 2.75) is 12.1 Å². The number of aryl methyl sites for hydroxylation is 1. The van der Waals surface area contributed by atoms with E-state index in [4.69, 9.17) is 23.2 Å². The molecule has 0 aliphatic heterocycles. The van der Waals surface area contributed by atoms with Gasteiger partial charge in [-0.05, 0) is 37.3 Å². The number of hydrogen-bond donors (Lipinski definition) is 1. The lowest BCUT2D eigenvalue weighted by Crippen LogP contribution is -2.20. The van der Waals surface area contributed by atoms with Gasteiger partial charge in [-0.3, -0.25) is 14.3 Å². The molecule has 4 rings (SSSR count). The van der Waals surface area contributed by atoms with Crippen molar-refractivity contribution in [1.29, 1.82) is 0 Å². The fourth-order valence-corrected chi connectivity index (χ4v) is 4.04. The Morgan fingerprint density at radius 2 is 1.85 bits per heavy atom. The normalized spacial score (nSPS) is 11.1. The van der Waals surface area contributed by atoms with E-state index in [1.165, 1.54) is 18.0 Å². The Morgan fingerprint density at radius 3 is 2.61 bits per heavy atom. The minimum absolute atomic E-state index is 0.0982. The molecule has 4 aromatic rings. The second-order valence-electron chi connectivity index (χ2n) is 6.94. The van der Waals surface area contributed by atoms with Crippen molar-refractivity contribution in [2.75, 3.05) is 5.75 Å². The van der Waals surface area contributed by atoms with Gasteiger partial charge in [-0.15, -0.1) is 10.2 Å². The lowest BCUT2D eigenvalue weighted by atomic mass is 10.2. The lowest BCUT2D eigenvalue weighted by Gasteiger charge is -2.10. The van der Waals surface area contributed by atoms with Crippen LogP contribution in [0.1, 0.15) is 11.1 Å². The van der Waals surface area contributed by atoms with Gasteiger partial charge in [0.15, 0.2) is 11.0 Å². The van der Waals surface area contributed by atoms with Gasteiger partial charge in [0.05, 0.1) is 22.0 Å². The highest BCUT2D eigenvalue weighted by Crippen LogP contribution is 2.28. The average Bonchev–Trinajstić information content (AvgIpc) is 3.25. The highest BCUT2D eigenvalue weighted by Gasteiger charge is 2.17. The molecular weight excluding hydrogens is 479 g/mol. The second-order valence-corrected chi connectivity index (χ2v) is 8.67. The van der Waals surface area contributed by atoms with E-state index in [1.807, 2.05) is 47.9 Å². The summed E-state index contributed by atoms with van der Waals surface area (Å²) in [6, 6.07) is 16.9. The quantitative estimate of drug-likeness (QED) is 0.216. The van der Waals surface area contributed by atoms with Crippen molar-refractivity contribution >= 4 is 47.1 Å². The van der Waals surface area contributed by atoms with Gasteiger partial charge < -0.3 is 0 Å². The van der Waals surface area contributed by atoms with E-state index in [2.05, 4.69) is 25.7 Å². The molecule has 0 unspecified atom stereocenters. The number of benzene rings is 2. The Hall–Kier alpha value is -3.20. The van der Waals surface area contributed by atoms with Crippen LogP contribution in [0.3, 0.4) is 0 Å². The van der Waals surface area contributed by atoms with Gasteiger partial charge in [-0.1, -0.05) is 64.8 Å². The van der Waals surface area contributed by atoms with Gasteiger partial charge >= 0.3 is 0 Å². The third kappa shape index (κ3) is 5.60. The van der Waals surface area contributed by atoms with Crippen molar-refractivity contribution < 1.29 is 4.79 Å². The molecule has 2 heterocycles. The lowest BCUT2D eigenvalue weighted by molar-refractivity contribution is -0.118. The molecule has 166 valence electrons. The number of aromatic nitrogens is 4. The number of hydrogen-bond acceptors (Lipinski definition) is 6. The summed E-state index contributed by atoms with van der Waals surface area (Å²) in [7, 11) is 0. The van der Waals surface area contributed by atoms with Gasteiger partial charge in [-0.2, -0.15) is 5.10 Å². The predicted molar refractivity (Wildman–Crippen MR) is 132 cm³/mol. The van der Waals surface area contributed by atoms with E-state index in [-0.39, 0.29) is 11.7 Å². The molecule has 0 atom stereocenters. The van der Waals surface area contributed by atoms with Crippen LogP contribution in [0.25, 0.3) is 17.1 Å². The van der Waals surface area contributed by atoms with Crippen molar-refractivity contribution in [1.82, 2.24) is 25.2 Å². The molecule has 0 aliphatic rings. The number of thioether (sulfide) groups is 1. The van der Waals surface area contributed by atoms with Crippen LogP contribution in [0.15, 0.2) is 77.2 Å². The summed E-state index contributed by atoms with van der Waals surface area (Å²) in [6.45, 7) is 2.02. The number of nitrogens with zero attached hydrogens (tertiary/aromatic N) is 5. The maximum absolute atomic E-state index is 12.4. The molecule has 0 aliphatic carbocycles. The molecular formula is C23H18Cl2N6OS. The Labute approximate surface area is 204 Å². The smallest absolute Gasteiger partial charge is 0.250 e. The maximum atomic E-state index is 12.4. The van der Waals surface area contributed by atoms with Crippen LogP contribution >= 0.6 is 35.0 Å². The largest absolute Gasteiger partial charge is 0.272 e. The first-order valence-electron chi connectivity index (χ1n) is 9.84. The standard InChI is InChI=1S/C23H18Cl2N6OS/c1-15-5-7-18(8-6-15)31-22(16-9-11-26-12-10-16)29-30-23(31)33-14-20(32)28-27-13-17-3-2-4-19(24)21(17)25/h2-13H,14H2,1H3,(H,28,32)/b27-13-. The molecule has 0 bridgehead atoms. The highest BCUT2D eigenvalue weighted by atomic mass is 35.5. The predicted octanol–water partition coefficient (Wildman–Crippen LogP) is 5.19. The van der Waals surface area contributed by atoms with E-state index >= 15 is 0 Å². The summed E-state index contributed by atoms with van der Waals surface area (Å²) in [4.78, 5) is 16.4. The molecule has 0 saturated heterocycles. The number of halogens is 2. The molecule has 0 radical (unpaired) electrons. The van der Waals surface area contributed by atoms with Gasteiger partial charge in [0.1, 0.15) is 0 Å². The SMILES string of the molecule is Cc1ccc(-n2c(SCC(=O)N/N=C\c3cccc(Cl)c3Cl)nnc2-c2ccncc2)cc1. The second kappa shape index (κ2) is 10.6. The zero-order chi connectivity index (χ0) is 23.2. The summed E-state index contributed by atoms with van der Waals surface area (Å²) >= 11 is 13.4. The number of carbonyl (C=O) groups excluding carboxylic acids is 1. The number of carbonyl (C=O) groups is 1. The van der Waals surface area contributed by atoms with Gasteiger partial charge in [0.25, 0.3) is 5.91 Å². The van der Waals surface area contributed by atoms with Crippen LogP contribution in [-0.4, -0.2) is 37.6 Å². The van der Waals surface area contributed by atoms with Crippen molar-refractivity contribution in [3.05, 3.63) is 88.2 Å². The van der Waals surface area contributed by atoms with Crippen LogP contribution in [0.4, 0.5) is 0 Å². The summed E-state index contributed by atoms with van der Waals surface area (Å²) in [5, 5.41) is 14.0. The fourth-order valence-electron chi connectivity index (χ4n) is 2.93. The molecule has 1 amide bonds. The van der Waals surface area contributed by atoms with Gasteiger partial charge in [-0.25, -0.2) is 5.43 Å². The number of hydrazone groups is 1. The summed E-state index contributed by atoms with van der Waals surface area (Å²) < 4.78 is 1.92. The van der Waals surface area contributed by atoms with Crippen molar-refractivity contribution in [3.8, 4) is 17.1 Å². The number of amides is 1. The average molecular weight is 497 g/mol. The first kappa shape index (κ1) is 23.0. The molecule has 7 nitrogen and oxygen atoms in total. The van der Waals surface area contributed by atoms with Crippen LogP contribution < -0.4 is 5.43 Å². The van der Waals surface area contributed by atoms with Crippen LogP contribution in [0, 0.1) is 6.92 Å². The van der Waals surface area contributed by atoms with E-state index < -0.39 is 0 Å². The molecule has 1 N–H and O–H groups in total. The Morgan fingerprint density at radius 1 is 1.09 bits per heavy atom. The van der Waals surface area contributed by atoms with Crippen molar-refractivity contribution in [3.63, 3.8) is 0 Å². The van der Waals surface area contributed by atoms with Crippen LogP contribution in [0.2, 0.25) is 10.0 Å². The van der Waals surface area contributed by atoms with E-state index in [0.717, 1.165) is 16.8 Å². The third-order valence-corrected chi connectivity index (χ3v) is 6.33. The Bertz CT molecular complexity index is 1290. The van der Waals surface area contributed by atoms with Gasteiger partial charge in [0, 0.05) is 29.2 Å². The van der Waals surface area contributed by atoms with Gasteiger partial charge in [0.2, 0.25) is 0 Å². The molecule has 0 saturated carbocycles. The molecule has 0 fully saturated rings. The first-order valence-corrected chi connectivity index (χ1v) is 11.6. The first-order chi connectivity index (χ1) is 16.0. The number of pyridine rings is 1. The minimum atomic E-state index is -0.293. The van der Waals surface area contributed by atoms with E-state index in [1.54, 1.807) is 30.6 Å².